The highest BCUT2D eigenvalue weighted by Crippen LogP contribution is 2.27. The highest BCUT2D eigenvalue weighted by molar-refractivity contribution is 5.87. The second-order valence-corrected chi connectivity index (χ2v) is 7.13. The summed E-state index contributed by atoms with van der Waals surface area (Å²) in [5, 5.41) is 2.35. The van der Waals surface area contributed by atoms with Crippen molar-refractivity contribution in [2.24, 2.45) is 11.7 Å². The predicted molar refractivity (Wildman–Crippen MR) is 100 cm³/mol. The molecule has 1 saturated heterocycles. The van der Waals surface area contributed by atoms with Crippen LogP contribution < -0.4 is 5.73 Å². The zero-order chi connectivity index (χ0) is 17.8. The highest BCUT2D eigenvalue weighted by atomic mass is 16.2. The van der Waals surface area contributed by atoms with Gasteiger partial charge in [-0.15, -0.1) is 0 Å². The first-order valence-electron chi connectivity index (χ1n) is 9.10. The molecule has 3 rings (SSSR count). The van der Waals surface area contributed by atoms with Crippen LogP contribution in [0.2, 0.25) is 0 Å². The molecule has 0 saturated carbocycles. The SMILES string of the molecule is C[C@@H](C(=O)N1CCC[C@@H](CCC(N)=O)C1)c1ccc2ccccc2c1. The molecule has 0 unspecified atom stereocenters. The van der Waals surface area contributed by atoms with E-state index in [0.717, 1.165) is 43.3 Å². The van der Waals surface area contributed by atoms with Crippen LogP contribution in [0.4, 0.5) is 0 Å². The van der Waals surface area contributed by atoms with Crippen LogP contribution in [-0.4, -0.2) is 29.8 Å². The molecule has 0 aromatic heterocycles. The zero-order valence-electron chi connectivity index (χ0n) is 14.8. The van der Waals surface area contributed by atoms with E-state index in [4.69, 9.17) is 5.73 Å². The summed E-state index contributed by atoms with van der Waals surface area (Å²) in [7, 11) is 0. The topological polar surface area (TPSA) is 63.4 Å². The van der Waals surface area contributed by atoms with E-state index < -0.39 is 0 Å². The zero-order valence-corrected chi connectivity index (χ0v) is 14.8. The second kappa shape index (κ2) is 7.68. The van der Waals surface area contributed by atoms with Gasteiger partial charge in [0.1, 0.15) is 0 Å². The van der Waals surface area contributed by atoms with Crippen molar-refractivity contribution in [1.29, 1.82) is 0 Å². The van der Waals surface area contributed by atoms with E-state index in [2.05, 4.69) is 30.3 Å². The minimum Gasteiger partial charge on any atom is -0.370 e. The Morgan fingerprint density at radius 2 is 1.96 bits per heavy atom. The standard InChI is InChI=1S/C21H26N2O2/c1-15(18-10-9-17-6-2-3-7-19(17)13-18)21(25)23-12-4-5-16(14-23)8-11-20(22)24/h2-3,6-7,9-10,13,15-16H,4-5,8,11-12,14H2,1H3,(H2,22,24)/t15-,16+/m1/s1. The number of fused-ring (bicyclic) bond motifs is 1. The molecule has 1 heterocycles. The Kier molecular flexibility index (Phi) is 5.37. The van der Waals surface area contributed by atoms with Gasteiger partial charge in [0, 0.05) is 19.5 Å². The number of piperidine rings is 1. The summed E-state index contributed by atoms with van der Waals surface area (Å²) in [5.41, 5.74) is 6.31. The molecule has 0 aliphatic carbocycles. The number of carbonyl (C=O) groups excluding carboxylic acids is 2. The maximum Gasteiger partial charge on any atom is 0.229 e. The Labute approximate surface area is 149 Å². The van der Waals surface area contributed by atoms with E-state index in [0.29, 0.717) is 12.3 Å². The van der Waals surface area contributed by atoms with Crippen molar-refractivity contribution in [1.82, 2.24) is 4.90 Å². The molecule has 0 radical (unpaired) electrons. The van der Waals surface area contributed by atoms with Gasteiger partial charge >= 0.3 is 0 Å². The fourth-order valence-corrected chi connectivity index (χ4v) is 3.74. The predicted octanol–water partition coefficient (Wildman–Crippen LogP) is 3.45. The average Bonchev–Trinajstić information content (AvgIpc) is 2.65. The Hall–Kier alpha value is -2.36. The first-order valence-corrected chi connectivity index (χ1v) is 9.10. The molecule has 4 nitrogen and oxygen atoms in total. The van der Waals surface area contributed by atoms with Crippen LogP contribution in [0.25, 0.3) is 10.8 Å². The Balaban J connectivity index is 1.69. The van der Waals surface area contributed by atoms with Crippen molar-refractivity contribution < 1.29 is 9.59 Å². The normalized spacial score (nSPS) is 18.9. The highest BCUT2D eigenvalue weighted by Gasteiger charge is 2.27. The third-order valence-electron chi connectivity index (χ3n) is 5.27. The minimum atomic E-state index is -0.256. The third-order valence-corrected chi connectivity index (χ3v) is 5.27. The van der Waals surface area contributed by atoms with Crippen LogP contribution in [0.15, 0.2) is 42.5 Å². The van der Waals surface area contributed by atoms with Crippen LogP contribution >= 0.6 is 0 Å². The largest absolute Gasteiger partial charge is 0.370 e. The van der Waals surface area contributed by atoms with Crippen molar-refractivity contribution in [2.75, 3.05) is 13.1 Å². The van der Waals surface area contributed by atoms with E-state index in [9.17, 15) is 9.59 Å². The Morgan fingerprint density at radius 3 is 2.72 bits per heavy atom. The summed E-state index contributed by atoms with van der Waals surface area (Å²) in [6, 6.07) is 14.5. The summed E-state index contributed by atoms with van der Waals surface area (Å²) < 4.78 is 0. The lowest BCUT2D eigenvalue weighted by Crippen LogP contribution is -2.42. The Bertz CT molecular complexity index is 771. The van der Waals surface area contributed by atoms with Crippen LogP contribution in [0.5, 0.6) is 0 Å². The van der Waals surface area contributed by atoms with E-state index in [1.807, 2.05) is 24.0 Å². The van der Waals surface area contributed by atoms with Gasteiger partial charge in [0.15, 0.2) is 0 Å². The number of hydrogen-bond acceptors (Lipinski definition) is 2. The van der Waals surface area contributed by atoms with Gasteiger partial charge in [-0.3, -0.25) is 9.59 Å². The number of benzene rings is 2. The van der Waals surface area contributed by atoms with E-state index in [1.165, 1.54) is 5.39 Å². The monoisotopic (exact) mass is 338 g/mol. The number of nitrogens with two attached hydrogens (primary N) is 1. The molecule has 2 N–H and O–H groups in total. The van der Waals surface area contributed by atoms with Crippen LogP contribution in [0.3, 0.4) is 0 Å². The number of nitrogens with zero attached hydrogens (tertiary/aromatic N) is 1. The number of carbonyl (C=O) groups is 2. The molecule has 0 spiro atoms. The van der Waals surface area contributed by atoms with E-state index >= 15 is 0 Å². The van der Waals surface area contributed by atoms with Gasteiger partial charge < -0.3 is 10.6 Å². The first kappa shape index (κ1) is 17.5. The van der Waals surface area contributed by atoms with Gasteiger partial charge in [0.25, 0.3) is 0 Å². The van der Waals surface area contributed by atoms with Gasteiger partial charge in [-0.1, -0.05) is 42.5 Å². The van der Waals surface area contributed by atoms with E-state index in [-0.39, 0.29) is 17.7 Å². The smallest absolute Gasteiger partial charge is 0.229 e. The van der Waals surface area contributed by atoms with Gasteiger partial charge in [-0.05, 0) is 48.4 Å². The maximum absolute atomic E-state index is 13.0. The molecule has 2 amide bonds. The van der Waals surface area contributed by atoms with Crippen LogP contribution in [-0.2, 0) is 9.59 Å². The van der Waals surface area contributed by atoms with Crippen molar-refractivity contribution in [3.05, 3.63) is 48.0 Å². The molecular formula is C21H26N2O2. The molecule has 2 aromatic carbocycles. The number of likely N-dealkylation sites (tertiary alicyclic amines) is 1. The number of rotatable bonds is 5. The summed E-state index contributed by atoms with van der Waals surface area (Å²) in [6.07, 6.45) is 3.26. The van der Waals surface area contributed by atoms with Gasteiger partial charge in [-0.25, -0.2) is 0 Å². The van der Waals surface area contributed by atoms with Crippen LogP contribution in [0, 0.1) is 5.92 Å². The Morgan fingerprint density at radius 1 is 1.20 bits per heavy atom. The molecule has 1 fully saturated rings. The molecule has 2 aromatic rings. The average molecular weight is 338 g/mol. The molecular weight excluding hydrogens is 312 g/mol. The maximum atomic E-state index is 13.0. The fourth-order valence-electron chi connectivity index (χ4n) is 3.74. The molecule has 1 aliphatic rings. The number of primary amides is 1. The third kappa shape index (κ3) is 4.19. The lowest BCUT2D eigenvalue weighted by molar-refractivity contribution is -0.134. The first-order chi connectivity index (χ1) is 12.0. The summed E-state index contributed by atoms with van der Waals surface area (Å²) in [6.45, 7) is 3.54. The molecule has 132 valence electrons. The molecule has 1 aliphatic heterocycles. The molecule has 0 bridgehead atoms. The molecule has 2 atom stereocenters. The van der Waals surface area contributed by atoms with E-state index in [1.54, 1.807) is 0 Å². The molecule has 4 heteroatoms. The summed E-state index contributed by atoms with van der Waals surface area (Å²) >= 11 is 0. The summed E-state index contributed by atoms with van der Waals surface area (Å²) in [4.78, 5) is 25.9. The van der Waals surface area contributed by atoms with Gasteiger partial charge in [0.2, 0.25) is 11.8 Å². The van der Waals surface area contributed by atoms with Crippen LogP contribution in [0.1, 0.15) is 44.1 Å². The number of amides is 2. The summed E-state index contributed by atoms with van der Waals surface area (Å²) in [5.74, 6) is 0.153. The molecule has 25 heavy (non-hydrogen) atoms. The second-order valence-electron chi connectivity index (χ2n) is 7.13. The lowest BCUT2D eigenvalue weighted by atomic mass is 9.91. The van der Waals surface area contributed by atoms with Gasteiger partial charge in [0.05, 0.1) is 5.92 Å². The van der Waals surface area contributed by atoms with Crippen molar-refractivity contribution in [3.63, 3.8) is 0 Å². The van der Waals surface area contributed by atoms with Crippen molar-refractivity contribution >= 4 is 22.6 Å². The quantitative estimate of drug-likeness (QED) is 0.907. The minimum absolute atomic E-state index is 0.153. The fraction of sp³-hybridized carbons (Fsp3) is 0.429. The van der Waals surface area contributed by atoms with Gasteiger partial charge in [-0.2, -0.15) is 0 Å². The van der Waals surface area contributed by atoms with Crippen molar-refractivity contribution in [3.8, 4) is 0 Å². The lowest BCUT2D eigenvalue weighted by Gasteiger charge is -2.34. The number of hydrogen-bond donors (Lipinski definition) is 1. The van der Waals surface area contributed by atoms with Crippen molar-refractivity contribution in [2.45, 2.75) is 38.5 Å².